The zero-order chi connectivity index (χ0) is 15.5. The number of pyridine rings is 1. The highest BCUT2D eigenvalue weighted by molar-refractivity contribution is 6.05. The van der Waals surface area contributed by atoms with Gasteiger partial charge in [-0.3, -0.25) is 9.69 Å². The predicted molar refractivity (Wildman–Crippen MR) is 83.0 cm³/mol. The van der Waals surface area contributed by atoms with E-state index in [1.54, 1.807) is 24.4 Å². The number of imide groups is 1. The number of hydrogen-bond donors (Lipinski definition) is 2. The van der Waals surface area contributed by atoms with Gasteiger partial charge in [-0.05, 0) is 36.2 Å². The third-order valence-electron chi connectivity index (χ3n) is 3.62. The molecule has 112 valence electrons. The number of likely N-dealkylation sites (tertiary alicyclic amines) is 1. The Morgan fingerprint density at radius 2 is 2.09 bits per heavy atom. The van der Waals surface area contributed by atoms with Crippen LogP contribution in [0.4, 0.5) is 16.3 Å². The van der Waals surface area contributed by atoms with Crippen molar-refractivity contribution in [3.63, 3.8) is 0 Å². The minimum atomic E-state index is -0.387. The summed E-state index contributed by atoms with van der Waals surface area (Å²) >= 11 is 0. The summed E-state index contributed by atoms with van der Waals surface area (Å²) in [5.41, 5.74) is 7.24. The molecule has 0 radical (unpaired) electrons. The van der Waals surface area contributed by atoms with E-state index in [-0.39, 0.29) is 17.9 Å². The van der Waals surface area contributed by atoms with E-state index in [0.717, 1.165) is 5.56 Å². The molecule has 0 bridgehead atoms. The quantitative estimate of drug-likeness (QED) is 0.847. The zero-order valence-corrected chi connectivity index (χ0v) is 11.9. The maximum Gasteiger partial charge on any atom is 0.328 e. The monoisotopic (exact) mass is 296 g/mol. The predicted octanol–water partition coefficient (Wildman–Crippen LogP) is 1.90. The van der Waals surface area contributed by atoms with Gasteiger partial charge in [0.25, 0.3) is 0 Å². The topological polar surface area (TPSA) is 88.3 Å². The van der Waals surface area contributed by atoms with Crippen molar-refractivity contribution in [1.29, 1.82) is 0 Å². The lowest BCUT2D eigenvalue weighted by molar-refractivity contribution is -0.142. The second-order valence-electron chi connectivity index (χ2n) is 5.24. The van der Waals surface area contributed by atoms with Crippen LogP contribution in [-0.4, -0.2) is 28.4 Å². The smallest absolute Gasteiger partial charge is 0.328 e. The third kappa shape index (κ3) is 2.90. The molecule has 1 saturated heterocycles. The second kappa shape index (κ2) is 5.85. The highest BCUT2D eigenvalue weighted by Crippen LogP contribution is 2.23. The Kier molecular flexibility index (Phi) is 3.74. The number of benzene rings is 1. The van der Waals surface area contributed by atoms with Crippen LogP contribution in [0.5, 0.6) is 0 Å². The van der Waals surface area contributed by atoms with E-state index in [2.05, 4.69) is 10.3 Å². The molecule has 1 fully saturated rings. The van der Waals surface area contributed by atoms with Crippen molar-refractivity contribution in [1.82, 2.24) is 9.88 Å². The van der Waals surface area contributed by atoms with Crippen molar-refractivity contribution < 1.29 is 9.59 Å². The Bertz CT molecular complexity index is 702. The number of nitrogens with two attached hydrogens (primary N) is 1. The summed E-state index contributed by atoms with van der Waals surface area (Å²) in [5, 5.41) is 2.70. The van der Waals surface area contributed by atoms with Gasteiger partial charge in [-0.15, -0.1) is 0 Å². The lowest BCUT2D eigenvalue weighted by Crippen LogP contribution is -2.57. The van der Waals surface area contributed by atoms with Crippen molar-refractivity contribution >= 4 is 23.4 Å². The molecule has 6 heteroatoms. The summed E-state index contributed by atoms with van der Waals surface area (Å²) in [6.07, 6.45) is 2.19. The van der Waals surface area contributed by atoms with Crippen LogP contribution < -0.4 is 11.1 Å². The van der Waals surface area contributed by atoms with Crippen LogP contribution in [0.15, 0.2) is 48.7 Å². The Hall–Kier alpha value is -2.89. The van der Waals surface area contributed by atoms with Crippen LogP contribution in [0.3, 0.4) is 0 Å². The maximum atomic E-state index is 12.1. The molecule has 3 N–H and O–H groups in total. The summed E-state index contributed by atoms with van der Waals surface area (Å²) in [7, 11) is 0. The Balaban J connectivity index is 1.57. The molecule has 1 aromatic heterocycles. The molecule has 1 aliphatic heterocycles. The molecule has 1 aliphatic rings. The van der Waals surface area contributed by atoms with Gasteiger partial charge in [0.2, 0.25) is 5.91 Å². The number of amides is 3. The number of carbonyl (C=O) groups is 2. The summed E-state index contributed by atoms with van der Waals surface area (Å²) in [6.45, 7) is 0.416. The van der Waals surface area contributed by atoms with E-state index in [1.807, 2.05) is 24.3 Å². The number of β-lactam (4-membered cyclic amide) rings is 1. The van der Waals surface area contributed by atoms with Crippen LogP contribution in [0.1, 0.15) is 5.56 Å². The van der Waals surface area contributed by atoms with Crippen LogP contribution in [-0.2, 0) is 11.2 Å². The zero-order valence-electron chi connectivity index (χ0n) is 11.9. The lowest BCUT2D eigenvalue weighted by Gasteiger charge is -2.36. The summed E-state index contributed by atoms with van der Waals surface area (Å²) in [6, 6.07) is 12.3. The number of urea groups is 1. The normalized spacial score (nSPS) is 17.0. The molecule has 1 atom stereocenters. The van der Waals surface area contributed by atoms with Crippen LogP contribution >= 0.6 is 0 Å². The molecule has 0 saturated carbocycles. The van der Waals surface area contributed by atoms with E-state index in [0.29, 0.717) is 24.5 Å². The van der Waals surface area contributed by atoms with E-state index in [4.69, 9.17) is 5.73 Å². The largest absolute Gasteiger partial charge is 0.384 e. The molecule has 3 amide bonds. The van der Waals surface area contributed by atoms with Gasteiger partial charge in [0.05, 0.1) is 5.92 Å². The van der Waals surface area contributed by atoms with E-state index in [9.17, 15) is 9.59 Å². The average molecular weight is 296 g/mol. The van der Waals surface area contributed by atoms with Crippen LogP contribution in [0.25, 0.3) is 0 Å². The fourth-order valence-corrected chi connectivity index (χ4v) is 2.45. The maximum absolute atomic E-state index is 12.1. The third-order valence-corrected chi connectivity index (χ3v) is 3.62. The van der Waals surface area contributed by atoms with Gasteiger partial charge in [0.1, 0.15) is 5.82 Å². The minimum absolute atomic E-state index is 0.163. The number of nitrogens with zero attached hydrogens (tertiary/aromatic N) is 2. The highest BCUT2D eigenvalue weighted by Gasteiger charge is 2.40. The molecule has 2 heterocycles. The molecule has 6 nitrogen and oxygen atoms in total. The fourth-order valence-electron chi connectivity index (χ4n) is 2.45. The highest BCUT2D eigenvalue weighted by atomic mass is 16.2. The van der Waals surface area contributed by atoms with Crippen molar-refractivity contribution in [2.45, 2.75) is 6.42 Å². The van der Waals surface area contributed by atoms with E-state index in [1.165, 1.54) is 4.90 Å². The molecule has 0 spiro atoms. The number of anilines is 2. The van der Waals surface area contributed by atoms with E-state index >= 15 is 0 Å². The van der Waals surface area contributed by atoms with E-state index < -0.39 is 0 Å². The number of nitrogens with one attached hydrogen (secondary N) is 1. The van der Waals surface area contributed by atoms with Crippen molar-refractivity contribution in [3.8, 4) is 0 Å². The van der Waals surface area contributed by atoms with Gasteiger partial charge < -0.3 is 11.1 Å². The molecule has 1 aromatic carbocycles. The summed E-state index contributed by atoms with van der Waals surface area (Å²) < 4.78 is 0. The molecule has 0 aliphatic carbocycles. The minimum Gasteiger partial charge on any atom is -0.384 e. The molecule has 0 unspecified atom stereocenters. The van der Waals surface area contributed by atoms with Gasteiger partial charge in [-0.1, -0.05) is 18.2 Å². The Morgan fingerprint density at radius 3 is 2.77 bits per heavy atom. The first kappa shape index (κ1) is 14.1. The van der Waals surface area contributed by atoms with Crippen molar-refractivity contribution in [3.05, 3.63) is 54.2 Å². The van der Waals surface area contributed by atoms with Gasteiger partial charge in [-0.2, -0.15) is 0 Å². The summed E-state index contributed by atoms with van der Waals surface area (Å²) in [4.78, 5) is 29.3. The van der Waals surface area contributed by atoms with Crippen molar-refractivity contribution in [2.75, 3.05) is 17.6 Å². The number of hydrogen-bond acceptors (Lipinski definition) is 4. The molecular weight excluding hydrogens is 280 g/mol. The van der Waals surface area contributed by atoms with Crippen LogP contribution in [0, 0.1) is 5.92 Å². The SMILES string of the molecule is Nc1cc(C[C@@H]2CN(C(=O)Nc3ccccc3)C2=O)ccn1. The Labute approximate surface area is 127 Å². The lowest BCUT2D eigenvalue weighted by atomic mass is 9.92. The Morgan fingerprint density at radius 1 is 1.32 bits per heavy atom. The first-order valence-corrected chi connectivity index (χ1v) is 7.01. The number of aromatic nitrogens is 1. The number of carbonyl (C=O) groups excluding carboxylic acids is 2. The molecule has 3 rings (SSSR count). The first-order valence-electron chi connectivity index (χ1n) is 7.01. The van der Waals surface area contributed by atoms with Crippen molar-refractivity contribution in [2.24, 2.45) is 5.92 Å². The number of para-hydroxylation sites is 1. The second-order valence-corrected chi connectivity index (χ2v) is 5.24. The van der Waals surface area contributed by atoms with Crippen LogP contribution in [0.2, 0.25) is 0 Å². The fraction of sp³-hybridized carbons (Fsp3) is 0.188. The standard InChI is InChI=1S/C16H16N4O2/c17-14-9-11(6-7-18-14)8-12-10-20(15(12)21)16(22)19-13-4-2-1-3-5-13/h1-7,9,12H,8,10H2,(H2,17,18)(H,19,22)/t12-/m1/s1. The van der Waals surface area contributed by atoms with Gasteiger partial charge >= 0.3 is 6.03 Å². The number of rotatable bonds is 3. The summed E-state index contributed by atoms with van der Waals surface area (Å²) in [5.74, 6) is 0.0927. The average Bonchev–Trinajstić information content (AvgIpc) is 2.51. The molecule has 2 aromatic rings. The van der Waals surface area contributed by atoms with Gasteiger partial charge in [0, 0.05) is 18.4 Å². The molecular formula is C16H16N4O2. The molecule has 22 heavy (non-hydrogen) atoms. The number of nitrogen functional groups attached to an aromatic ring is 1. The first-order chi connectivity index (χ1) is 10.6. The van der Waals surface area contributed by atoms with Gasteiger partial charge in [-0.25, -0.2) is 9.78 Å². The van der Waals surface area contributed by atoms with Gasteiger partial charge in [0.15, 0.2) is 0 Å².